The van der Waals surface area contributed by atoms with E-state index in [2.05, 4.69) is 0 Å². The number of allylic oxidation sites excluding steroid dienone is 4. The third-order valence-electron chi connectivity index (χ3n) is 0.824. The first-order chi connectivity index (χ1) is 7.67. The first kappa shape index (κ1) is 21.0. The van der Waals surface area contributed by atoms with Crippen LogP contribution >= 0.6 is 0 Å². The maximum atomic E-state index is 10.0. The molecular weight excluding hydrogens is 312 g/mol. The summed E-state index contributed by atoms with van der Waals surface area (Å²) in [4.78, 5) is 20.0. The number of hydrogen-bond donors (Lipinski definition) is 2. The number of hydrogen-bond acceptors (Lipinski definition) is 6. The van der Waals surface area contributed by atoms with Crippen LogP contribution in [0.3, 0.4) is 0 Å². The Morgan fingerprint density at radius 1 is 0.824 bits per heavy atom. The second-order valence-electron chi connectivity index (χ2n) is 2.86. The van der Waals surface area contributed by atoms with Crippen molar-refractivity contribution < 1.29 is 45.1 Å². The number of aliphatic hydroxyl groups is 2. The summed E-state index contributed by atoms with van der Waals surface area (Å²) < 4.78 is 17.0. The Morgan fingerprint density at radius 2 is 1.00 bits per heavy atom. The first-order valence-electron chi connectivity index (χ1n) is 4.34. The molecule has 0 rings (SSSR count). The van der Waals surface area contributed by atoms with Crippen LogP contribution < -0.4 is 0 Å². The number of aliphatic hydroxyl groups excluding tert-OH is 2. The van der Waals surface area contributed by atoms with E-state index < -0.39 is 18.5 Å². The molecule has 0 amide bonds. The fourth-order valence-electron chi connectivity index (χ4n) is 0.588. The summed E-state index contributed by atoms with van der Waals surface area (Å²) in [6.07, 6.45) is 2.33. The van der Waals surface area contributed by atoms with Crippen molar-refractivity contribution in [1.82, 2.24) is 0 Å². The summed E-state index contributed by atoms with van der Waals surface area (Å²) in [6, 6.07) is 0. The molecule has 0 atom stereocenters. The zero-order valence-corrected chi connectivity index (χ0v) is 12.1. The predicted octanol–water partition coefficient (Wildman–Crippen LogP) is 1.83. The molecule has 0 aromatic carbocycles. The number of rotatable bonds is 2. The fraction of sp³-hybridized carbons (Fsp3) is 0.400. The molecule has 2 N–H and O–H groups in total. The van der Waals surface area contributed by atoms with Gasteiger partial charge in [-0.05, 0) is 27.7 Å². The van der Waals surface area contributed by atoms with Crippen molar-refractivity contribution in [2.45, 2.75) is 27.7 Å². The first-order valence-corrected chi connectivity index (χ1v) is 5.98. The van der Waals surface area contributed by atoms with Gasteiger partial charge in [0, 0.05) is 12.2 Å². The molecule has 0 heterocycles. The van der Waals surface area contributed by atoms with Gasteiger partial charge in [-0.25, -0.2) is 0 Å². The number of carbonyl (C=O) groups is 2. The average Bonchev–Trinajstić information content (AvgIpc) is 1.99. The van der Waals surface area contributed by atoms with E-state index in [0.29, 0.717) is 0 Å². The normalized spacial score (nSPS) is 10.1. The summed E-state index contributed by atoms with van der Waals surface area (Å²) in [6.45, 7) is 5.70. The summed E-state index contributed by atoms with van der Waals surface area (Å²) in [7, 11) is 0. The minimum atomic E-state index is -2.03. The van der Waals surface area contributed by atoms with E-state index in [1.807, 2.05) is 0 Å². The fourth-order valence-corrected chi connectivity index (χ4v) is 0.588. The van der Waals surface area contributed by atoms with Crippen LogP contribution in [0, 0.1) is 0 Å². The Morgan fingerprint density at radius 3 is 1.00 bits per heavy atom. The molecule has 98 valence electrons. The van der Waals surface area contributed by atoms with Crippen LogP contribution in [0.25, 0.3) is 0 Å². The molecule has 7 heteroatoms. The van der Waals surface area contributed by atoms with Crippen molar-refractivity contribution >= 4 is 11.6 Å². The standard InChI is InChI=1S/2C5H8O2.Mo.2O/c2*1-4(6)3-5(2)7;;;/h2*3,6H,1-2H3;;;. The molecule has 0 unspecified atom stereocenters. The Balaban J connectivity index is -0.000000188. The van der Waals surface area contributed by atoms with Crippen molar-refractivity contribution in [3.05, 3.63) is 23.7 Å². The molecule has 0 radical (unpaired) electrons. The van der Waals surface area contributed by atoms with Crippen molar-refractivity contribution in [1.29, 1.82) is 0 Å². The van der Waals surface area contributed by atoms with Gasteiger partial charge in [0.2, 0.25) is 0 Å². The number of carbonyl (C=O) groups excluding carboxylic acids is 2. The van der Waals surface area contributed by atoms with Gasteiger partial charge in [-0.15, -0.1) is 0 Å². The van der Waals surface area contributed by atoms with Crippen LogP contribution in [0.1, 0.15) is 27.7 Å². The summed E-state index contributed by atoms with van der Waals surface area (Å²) in [5.74, 6) is -0.125. The molecule has 0 aliphatic rings. The molecule has 0 aliphatic carbocycles. The SMILES string of the molecule is CC(=O)C=C(C)O.CC(=O)C=C(C)O.[O]=[Mo]=[O]. The van der Waals surface area contributed by atoms with Crippen LogP contribution in [0.2, 0.25) is 0 Å². The quantitative estimate of drug-likeness (QED) is 0.455. The predicted molar refractivity (Wildman–Crippen MR) is 55.5 cm³/mol. The number of ketones is 2. The second kappa shape index (κ2) is 14.7. The van der Waals surface area contributed by atoms with Gasteiger partial charge in [-0.1, -0.05) is 0 Å². The van der Waals surface area contributed by atoms with Gasteiger partial charge in [-0.3, -0.25) is 9.59 Å². The van der Waals surface area contributed by atoms with E-state index in [1.54, 1.807) is 0 Å². The monoisotopic (exact) mass is 330 g/mol. The molecule has 6 nitrogen and oxygen atoms in total. The summed E-state index contributed by atoms with van der Waals surface area (Å²) in [5, 5.41) is 16.7. The van der Waals surface area contributed by atoms with Crippen molar-refractivity contribution in [2.75, 3.05) is 0 Å². The summed E-state index contributed by atoms with van der Waals surface area (Å²) in [5.41, 5.74) is 0. The van der Waals surface area contributed by atoms with Gasteiger partial charge in [-0.2, -0.15) is 0 Å². The molecule has 0 saturated carbocycles. The van der Waals surface area contributed by atoms with Crippen LogP contribution in [0.15, 0.2) is 23.7 Å². The van der Waals surface area contributed by atoms with Gasteiger partial charge in [0.25, 0.3) is 0 Å². The van der Waals surface area contributed by atoms with Gasteiger partial charge >= 0.3 is 25.3 Å². The van der Waals surface area contributed by atoms with Gasteiger partial charge < -0.3 is 10.2 Å². The molecule has 0 aliphatic heterocycles. The van der Waals surface area contributed by atoms with E-state index >= 15 is 0 Å². The Hall–Kier alpha value is -1.29. The van der Waals surface area contributed by atoms with Crippen molar-refractivity contribution in [3.8, 4) is 0 Å². The second-order valence-corrected chi connectivity index (χ2v) is 3.20. The Bertz CT molecular complexity index is 301. The molecule has 17 heavy (non-hydrogen) atoms. The molecule has 0 aromatic heterocycles. The van der Waals surface area contributed by atoms with Crippen LogP contribution in [-0.4, -0.2) is 21.8 Å². The minimum absolute atomic E-state index is 0.0625. The van der Waals surface area contributed by atoms with E-state index in [-0.39, 0.29) is 23.1 Å². The molecule has 0 bridgehead atoms. The third-order valence-corrected chi connectivity index (χ3v) is 0.824. The van der Waals surface area contributed by atoms with Crippen LogP contribution in [-0.2, 0) is 34.9 Å². The zero-order chi connectivity index (χ0) is 14.4. The average molecular weight is 328 g/mol. The van der Waals surface area contributed by atoms with E-state index in [4.69, 9.17) is 17.0 Å². The molecule has 0 fully saturated rings. The van der Waals surface area contributed by atoms with Crippen molar-refractivity contribution in [2.24, 2.45) is 0 Å². The van der Waals surface area contributed by atoms with Gasteiger partial charge in [0.15, 0.2) is 11.6 Å². The molecule has 0 aromatic rings. The summed E-state index contributed by atoms with van der Waals surface area (Å²) >= 11 is -2.03. The van der Waals surface area contributed by atoms with Gasteiger partial charge in [0.1, 0.15) is 0 Å². The topological polar surface area (TPSA) is 109 Å². The van der Waals surface area contributed by atoms with E-state index in [1.165, 1.54) is 39.8 Å². The molecule has 0 saturated heterocycles. The van der Waals surface area contributed by atoms with Crippen LogP contribution in [0.4, 0.5) is 0 Å². The molecular formula is C10H16MoO6. The van der Waals surface area contributed by atoms with Gasteiger partial charge in [0.05, 0.1) is 11.5 Å². The molecule has 0 spiro atoms. The van der Waals surface area contributed by atoms with E-state index in [9.17, 15) is 9.59 Å². The van der Waals surface area contributed by atoms with Crippen LogP contribution in [0.5, 0.6) is 0 Å². The Kier molecular flexibility index (Phi) is 18.2. The zero-order valence-electron chi connectivity index (χ0n) is 10.1. The van der Waals surface area contributed by atoms with Crippen molar-refractivity contribution in [3.63, 3.8) is 0 Å². The van der Waals surface area contributed by atoms with E-state index in [0.717, 1.165) is 0 Å². The maximum absolute atomic E-state index is 10.0. The third kappa shape index (κ3) is 52.8. The Labute approximate surface area is 108 Å².